The maximum Gasteiger partial charge on any atom is 0.416 e. The fraction of sp³-hybridized carbons (Fsp3) is 0.176. The summed E-state index contributed by atoms with van der Waals surface area (Å²) in [5.41, 5.74) is -0.133. The van der Waals surface area contributed by atoms with Crippen LogP contribution in [0.5, 0.6) is 5.75 Å². The largest absolute Gasteiger partial charge is 0.486 e. The molecule has 3 rings (SSSR count). The Morgan fingerprint density at radius 1 is 1.27 bits per heavy atom. The van der Waals surface area contributed by atoms with Gasteiger partial charge < -0.3 is 9.84 Å². The summed E-state index contributed by atoms with van der Waals surface area (Å²) in [5, 5.41) is 11.1. The molecule has 1 aromatic heterocycles. The van der Waals surface area contributed by atoms with Crippen molar-refractivity contribution in [1.82, 2.24) is 4.98 Å². The van der Waals surface area contributed by atoms with Crippen molar-refractivity contribution in [3.8, 4) is 5.75 Å². The third-order valence-electron chi connectivity index (χ3n) is 3.59. The maximum absolute atomic E-state index is 13.1. The quantitative estimate of drug-likeness (QED) is 0.621. The van der Waals surface area contributed by atoms with E-state index in [-0.39, 0.29) is 10.7 Å². The first kappa shape index (κ1) is 18.0. The highest BCUT2D eigenvalue weighted by atomic mass is 32.1. The van der Waals surface area contributed by atoms with Crippen LogP contribution in [0.15, 0.2) is 42.5 Å². The van der Waals surface area contributed by atoms with Crippen LogP contribution in [0.1, 0.15) is 24.2 Å². The number of carbonyl (C=O) groups is 1. The number of fused-ring (bicyclic) bond motifs is 1. The standard InChI is InChI=1S/C17H13F3N2O3S/c1-9(11-4-2-3-5-12(11)17(18,19)20)25-10-6-7-13-14(8-10)26-15(21-13)22-16(23)24/h2-9H,1H3,(H,21,22)(H,23,24). The molecule has 0 saturated carbocycles. The topological polar surface area (TPSA) is 71.5 Å². The van der Waals surface area contributed by atoms with Gasteiger partial charge in [-0.25, -0.2) is 9.78 Å². The lowest BCUT2D eigenvalue weighted by molar-refractivity contribution is -0.138. The molecule has 0 aliphatic carbocycles. The summed E-state index contributed by atoms with van der Waals surface area (Å²) in [7, 11) is 0. The highest BCUT2D eigenvalue weighted by Gasteiger charge is 2.34. The highest BCUT2D eigenvalue weighted by Crippen LogP contribution is 2.36. The lowest BCUT2D eigenvalue weighted by Crippen LogP contribution is -2.13. The van der Waals surface area contributed by atoms with E-state index in [1.165, 1.54) is 18.2 Å². The normalized spacial score (nSPS) is 12.8. The average molecular weight is 382 g/mol. The van der Waals surface area contributed by atoms with Gasteiger partial charge in [0.25, 0.3) is 0 Å². The number of ether oxygens (including phenoxy) is 1. The first-order valence-electron chi connectivity index (χ1n) is 7.47. The van der Waals surface area contributed by atoms with Crippen molar-refractivity contribution in [3.05, 3.63) is 53.6 Å². The van der Waals surface area contributed by atoms with Gasteiger partial charge in [-0.15, -0.1) is 0 Å². The Morgan fingerprint density at radius 3 is 2.69 bits per heavy atom. The minimum atomic E-state index is -4.47. The minimum absolute atomic E-state index is 0.0395. The average Bonchev–Trinajstić information content (AvgIpc) is 2.94. The fourth-order valence-corrected chi connectivity index (χ4v) is 3.38. The van der Waals surface area contributed by atoms with Crippen molar-refractivity contribution < 1.29 is 27.8 Å². The van der Waals surface area contributed by atoms with Crippen LogP contribution in [0.3, 0.4) is 0 Å². The van der Waals surface area contributed by atoms with Crippen LogP contribution in [0, 0.1) is 0 Å². The van der Waals surface area contributed by atoms with Crippen LogP contribution in [0.2, 0.25) is 0 Å². The number of hydrogen-bond acceptors (Lipinski definition) is 4. The zero-order chi connectivity index (χ0) is 18.9. The third-order valence-corrected chi connectivity index (χ3v) is 4.52. The van der Waals surface area contributed by atoms with Gasteiger partial charge in [-0.05, 0) is 31.2 Å². The molecule has 0 saturated heterocycles. The van der Waals surface area contributed by atoms with E-state index in [0.717, 1.165) is 17.4 Å². The van der Waals surface area contributed by atoms with E-state index in [9.17, 15) is 18.0 Å². The van der Waals surface area contributed by atoms with E-state index >= 15 is 0 Å². The number of amides is 1. The van der Waals surface area contributed by atoms with Gasteiger partial charge in [-0.3, -0.25) is 5.32 Å². The van der Waals surface area contributed by atoms with Gasteiger partial charge >= 0.3 is 12.3 Å². The lowest BCUT2D eigenvalue weighted by Gasteiger charge is -2.19. The monoisotopic (exact) mass is 382 g/mol. The number of thiazole rings is 1. The number of anilines is 1. The number of alkyl halides is 3. The SMILES string of the molecule is CC(Oc1ccc2nc(NC(=O)O)sc2c1)c1ccccc1C(F)(F)F. The molecule has 1 unspecified atom stereocenters. The van der Waals surface area contributed by atoms with Crippen molar-refractivity contribution in [2.75, 3.05) is 5.32 Å². The van der Waals surface area contributed by atoms with Crippen molar-refractivity contribution in [3.63, 3.8) is 0 Å². The zero-order valence-corrected chi connectivity index (χ0v) is 14.2. The van der Waals surface area contributed by atoms with Gasteiger partial charge in [0.2, 0.25) is 0 Å². The van der Waals surface area contributed by atoms with Crippen LogP contribution < -0.4 is 10.1 Å². The molecule has 1 atom stereocenters. The number of nitrogens with one attached hydrogen (secondary N) is 1. The van der Waals surface area contributed by atoms with Crippen LogP contribution >= 0.6 is 11.3 Å². The summed E-state index contributed by atoms with van der Waals surface area (Å²) in [6.45, 7) is 1.54. The summed E-state index contributed by atoms with van der Waals surface area (Å²) in [6, 6.07) is 10.1. The molecule has 1 heterocycles. The molecule has 0 spiro atoms. The second kappa shape index (κ2) is 6.83. The van der Waals surface area contributed by atoms with Gasteiger partial charge in [0.15, 0.2) is 5.13 Å². The minimum Gasteiger partial charge on any atom is -0.486 e. The number of carboxylic acid groups (broad SMARTS) is 1. The van der Waals surface area contributed by atoms with E-state index in [4.69, 9.17) is 9.84 Å². The third kappa shape index (κ3) is 3.88. The molecular weight excluding hydrogens is 369 g/mol. The molecule has 5 nitrogen and oxygen atoms in total. The number of benzene rings is 2. The van der Waals surface area contributed by atoms with Gasteiger partial charge in [-0.2, -0.15) is 13.2 Å². The van der Waals surface area contributed by atoms with E-state index in [0.29, 0.717) is 16.0 Å². The van der Waals surface area contributed by atoms with Crippen molar-refractivity contribution in [1.29, 1.82) is 0 Å². The Labute approximate surface area is 150 Å². The Bertz CT molecular complexity index is 956. The summed E-state index contributed by atoms with van der Waals surface area (Å²) < 4.78 is 45.8. The Hall–Kier alpha value is -2.81. The molecule has 0 bridgehead atoms. The molecule has 0 aliphatic rings. The molecular formula is C17H13F3N2O3S. The number of nitrogens with zero attached hydrogens (tertiary/aromatic N) is 1. The van der Waals surface area contributed by atoms with E-state index in [1.807, 2.05) is 0 Å². The van der Waals surface area contributed by atoms with Crippen molar-refractivity contribution in [2.45, 2.75) is 19.2 Å². The molecule has 2 N–H and O–H groups in total. The van der Waals surface area contributed by atoms with Gasteiger partial charge in [0.1, 0.15) is 11.9 Å². The van der Waals surface area contributed by atoms with Gasteiger partial charge in [0, 0.05) is 5.56 Å². The van der Waals surface area contributed by atoms with Crippen molar-refractivity contribution in [2.24, 2.45) is 0 Å². The second-order valence-electron chi connectivity index (χ2n) is 5.42. The van der Waals surface area contributed by atoms with Gasteiger partial charge in [-0.1, -0.05) is 29.5 Å². The molecule has 0 fully saturated rings. The summed E-state index contributed by atoms with van der Waals surface area (Å²) in [4.78, 5) is 14.8. The zero-order valence-electron chi connectivity index (χ0n) is 13.4. The predicted octanol–water partition coefficient (Wildman–Crippen LogP) is 5.55. The Kier molecular flexibility index (Phi) is 4.73. The van der Waals surface area contributed by atoms with Crippen LogP contribution in [0.25, 0.3) is 10.2 Å². The summed E-state index contributed by atoms with van der Waals surface area (Å²) in [6.07, 6.45) is -6.51. The summed E-state index contributed by atoms with van der Waals surface area (Å²) in [5.74, 6) is 0.368. The van der Waals surface area contributed by atoms with Crippen molar-refractivity contribution >= 4 is 32.8 Å². The first-order valence-corrected chi connectivity index (χ1v) is 8.29. The molecule has 0 radical (unpaired) electrons. The van der Waals surface area contributed by atoms with Crippen LogP contribution in [-0.2, 0) is 6.18 Å². The van der Waals surface area contributed by atoms with E-state index in [1.54, 1.807) is 25.1 Å². The van der Waals surface area contributed by atoms with Crippen LogP contribution in [-0.4, -0.2) is 16.2 Å². The summed E-state index contributed by atoms with van der Waals surface area (Å²) >= 11 is 1.11. The number of hydrogen-bond donors (Lipinski definition) is 2. The fourth-order valence-electron chi connectivity index (χ4n) is 2.50. The van der Waals surface area contributed by atoms with E-state index in [2.05, 4.69) is 10.3 Å². The number of aromatic nitrogens is 1. The molecule has 2 aromatic carbocycles. The number of halogens is 3. The first-order chi connectivity index (χ1) is 12.2. The molecule has 9 heteroatoms. The molecule has 3 aromatic rings. The molecule has 136 valence electrons. The predicted molar refractivity (Wildman–Crippen MR) is 91.8 cm³/mol. The highest BCUT2D eigenvalue weighted by molar-refractivity contribution is 7.22. The second-order valence-corrected chi connectivity index (χ2v) is 6.45. The van der Waals surface area contributed by atoms with Gasteiger partial charge in [0.05, 0.1) is 15.8 Å². The lowest BCUT2D eigenvalue weighted by atomic mass is 10.0. The smallest absolute Gasteiger partial charge is 0.416 e. The number of rotatable bonds is 4. The maximum atomic E-state index is 13.1. The molecule has 1 amide bonds. The molecule has 26 heavy (non-hydrogen) atoms. The Morgan fingerprint density at radius 2 is 2.00 bits per heavy atom. The van der Waals surface area contributed by atoms with E-state index < -0.39 is 23.9 Å². The van der Waals surface area contributed by atoms with Crippen LogP contribution in [0.4, 0.5) is 23.1 Å². The molecule has 0 aliphatic heterocycles. The Balaban J connectivity index is 1.86.